The van der Waals surface area contributed by atoms with Gasteiger partial charge in [0.2, 0.25) is 0 Å². The van der Waals surface area contributed by atoms with Crippen LogP contribution < -0.4 is 5.01 Å². The summed E-state index contributed by atoms with van der Waals surface area (Å²) in [6.07, 6.45) is 4.97. The van der Waals surface area contributed by atoms with Crippen LogP contribution in [0, 0.1) is 10.1 Å². The van der Waals surface area contributed by atoms with Gasteiger partial charge in [-0.2, -0.15) is 0 Å². The average molecular weight is 246 g/mol. The molecule has 0 aromatic carbocycles. The van der Waals surface area contributed by atoms with Crippen molar-refractivity contribution in [3.63, 3.8) is 0 Å². The first-order valence-corrected chi connectivity index (χ1v) is 5.10. The molecule has 0 unspecified atom stereocenters. The number of carbonyl (C=O) groups is 1. The Labute approximate surface area is 102 Å². The summed E-state index contributed by atoms with van der Waals surface area (Å²) in [6, 6.07) is 4.83. The number of pyridine rings is 1. The fraction of sp³-hybridized carbons (Fsp3) is 0.0909. The molecule has 0 bridgehead atoms. The van der Waals surface area contributed by atoms with E-state index < -0.39 is 4.92 Å². The van der Waals surface area contributed by atoms with Crippen LogP contribution in [0.2, 0.25) is 0 Å². The first-order valence-electron chi connectivity index (χ1n) is 5.10. The van der Waals surface area contributed by atoms with Crippen molar-refractivity contribution in [2.24, 2.45) is 0 Å². The highest BCUT2D eigenvalue weighted by atomic mass is 16.6. The molecule has 0 spiro atoms. The van der Waals surface area contributed by atoms with Gasteiger partial charge in [0, 0.05) is 19.4 Å². The van der Waals surface area contributed by atoms with Crippen LogP contribution in [0.1, 0.15) is 10.5 Å². The van der Waals surface area contributed by atoms with Crippen molar-refractivity contribution in [3.05, 3.63) is 52.6 Å². The van der Waals surface area contributed by atoms with Gasteiger partial charge < -0.3 is 0 Å². The van der Waals surface area contributed by atoms with Crippen molar-refractivity contribution in [1.29, 1.82) is 0 Å². The highest BCUT2D eigenvalue weighted by Gasteiger charge is 2.18. The summed E-state index contributed by atoms with van der Waals surface area (Å²) < 4.78 is 1.52. The van der Waals surface area contributed by atoms with Crippen LogP contribution in [-0.2, 0) is 0 Å². The summed E-state index contributed by atoms with van der Waals surface area (Å²) in [7, 11) is 1.63. The second-order valence-corrected chi connectivity index (χ2v) is 3.54. The minimum Gasteiger partial charge on any atom is -0.296 e. The SMILES string of the molecule is CN(c1ccncc1[N+](=O)[O-])n1cccc1C=O. The molecule has 0 aliphatic heterocycles. The van der Waals surface area contributed by atoms with Gasteiger partial charge in [0.25, 0.3) is 0 Å². The molecule has 2 rings (SSSR count). The van der Waals surface area contributed by atoms with Gasteiger partial charge in [-0.25, -0.2) is 0 Å². The van der Waals surface area contributed by atoms with Crippen LogP contribution in [0.3, 0.4) is 0 Å². The van der Waals surface area contributed by atoms with Crippen LogP contribution >= 0.6 is 0 Å². The second-order valence-electron chi connectivity index (χ2n) is 3.54. The van der Waals surface area contributed by atoms with E-state index in [4.69, 9.17) is 0 Å². The lowest BCUT2D eigenvalue weighted by Crippen LogP contribution is -2.26. The van der Waals surface area contributed by atoms with Crippen LogP contribution in [0.5, 0.6) is 0 Å². The molecule has 2 aromatic rings. The lowest BCUT2D eigenvalue weighted by molar-refractivity contribution is -0.384. The fourth-order valence-corrected chi connectivity index (χ4v) is 1.66. The number of aldehydes is 1. The number of hydrogen-bond acceptors (Lipinski definition) is 5. The minimum atomic E-state index is -0.511. The Kier molecular flexibility index (Phi) is 3.05. The van der Waals surface area contributed by atoms with Crippen LogP contribution in [0.4, 0.5) is 11.4 Å². The maximum atomic E-state index is 10.9. The predicted octanol–water partition coefficient (Wildman–Crippen LogP) is 1.50. The van der Waals surface area contributed by atoms with E-state index in [2.05, 4.69) is 4.98 Å². The van der Waals surface area contributed by atoms with E-state index >= 15 is 0 Å². The predicted molar refractivity (Wildman–Crippen MR) is 64.5 cm³/mol. The molecule has 7 heteroatoms. The van der Waals surface area contributed by atoms with Crippen LogP contribution in [0.25, 0.3) is 0 Å². The van der Waals surface area contributed by atoms with Gasteiger partial charge >= 0.3 is 5.69 Å². The third kappa shape index (κ3) is 1.93. The Bertz CT molecular complexity index is 593. The summed E-state index contributed by atoms with van der Waals surface area (Å²) in [6.45, 7) is 0. The van der Waals surface area contributed by atoms with Gasteiger partial charge in [-0.3, -0.25) is 29.6 Å². The van der Waals surface area contributed by atoms with E-state index in [-0.39, 0.29) is 5.69 Å². The second kappa shape index (κ2) is 4.66. The number of nitro groups is 1. The summed E-state index contributed by atoms with van der Waals surface area (Å²) in [4.78, 5) is 25.0. The highest BCUT2D eigenvalue weighted by Crippen LogP contribution is 2.26. The Morgan fingerprint density at radius 3 is 2.94 bits per heavy atom. The largest absolute Gasteiger partial charge is 0.312 e. The standard InChI is InChI=1S/C11H10N4O3/c1-13(14-6-2-3-9(14)8-16)10-4-5-12-7-11(10)15(17)18/h2-8H,1H3. The number of aromatic nitrogens is 2. The van der Waals surface area contributed by atoms with E-state index in [9.17, 15) is 14.9 Å². The molecule has 0 aliphatic carbocycles. The molecule has 2 aromatic heterocycles. The van der Waals surface area contributed by atoms with Crippen molar-refractivity contribution < 1.29 is 9.72 Å². The van der Waals surface area contributed by atoms with Gasteiger partial charge in [0.1, 0.15) is 17.6 Å². The smallest absolute Gasteiger partial charge is 0.296 e. The molecule has 18 heavy (non-hydrogen) atoms. The molecule has 0 radical (unpaired) electrons. The number of carbonyl (C=O) groups excluding carboxylic acids is 1. The van der Waals surface area contributed by atoms with Gasteiger partial charge in [-0.05, 0) is 18.2 Å². The van der Waals surface area contributed by atoms with E-state index in [1.807, 2.05) is 0 Å². The van der Waals surface area contributed by atoms with Crippen LogP contribution in [0.15, 0.2) is 36.8 Å². The molecule has 0 atom stereocenters. The Balaban J connectivity index is 2.49. The number of rotatable bonds is 4. The molecule has 0 amide bonds. The summed E-state index contributed by atoms with van der Waals surface area (Å²) in [5.41, 5.74) is 0.642. The molecule has 7 nitrogen and oxygen atoms in total. The number of hydrogen-bond donors (Lipinski definition) is 0. The zero-order chi connectivity index (χ0) is 13.1. The Morgan fingerprint density at radius 2 is 2.28 bits per heavy atom. The highest BCUT2D eigenvalue weighted by molar-refractivity contribution is 5.73. The molecular weight excluding hydrogens is 236 g/mol. The Morgan fingerprint density at radius 1 is 1.50 bits per heavy atom. The molecule has 2 heterocycles. The number of anilines is 1. The van der Waals surface area contributed by atoms with E-state index in [1.165, 1.54) is 28.1 Å². The van der Waals surface area contributed by atoms with Crippen molar-refractivity contribution >= 4 is 17.7 Å². The van der Waals surface area contributed by atoms with Gasteiger partial charge in [0.15, 0.2) is 6.29 Å². The Hall–Kier alpha value is -2.70. The number of nitrogens with zero attached hydrogens (tertiary/aromatic N) is 4. The first kappa shape index (κ1) is 11.8. The third-order valence-corrected chi connectivity index (χ3v) is 2.53. The van der Waals surface area contributed by atoms with E-state index in [0.29, 0.717) is 17.7 Å². The lowest BCUT2D eigenvalue weighted by atomic mass is 10.3. The molecule has 0 aliphatic rings. The monoisotopic (exact) mass is 246 g/mol. The normalized spacial score (nSPS) is 10.1. The summed E-state index contributed by atoms with van der Waals surface area (Å²) >= 11 is 0. The van der Waals surface area contributed by atoms with Crippen molar-refractivity contribution in [1.82, 2.24) is 9.66 Å². The maximum absolute atomic E-state index is 10.9. The van der Waals surface area contributed by atoms with Crippen molar-refractivity contribution in [2.75, 3.05) is 12.1 Å². The molecule has 0 saturated heterocycles. The molecule has 0 fully saturated rings. The van der Waals surface area contributed by atoms with Gasteiger partial charge in [0.05, 0.1) is 4.92 Å². The van der Waals surface area contributed by atoms with Crippen LogP contribution in [-0.4, -0.2) is 27.9 Å². The average Bonchev–Trinajstić information content (AvgIpc) is 2.86. The summed E-state index contributed by atoms with van der Waals surface area (Å²) in [5.74, 6) is 0. The van der Waals surface area contributed by atoms with E-state index in [0.717, 1.165) is 0 Å². The fourth-order valence-electron chi connectivity index (χ4n) is 1.66. The first-order chi connectivity index (χ1) is 8.65. The quantitative estimate of drug-likeness (QED) is 0.464. The molecule has 92 valence electrons. The zero-order valence-corrected chi connectivity index (χ0v) is 9.56. The topological polar surface area (TPSA) is 81.3 Å². The van der Waals surface area contributed by atoms with Gasteiger partial charge in [-0.15, -0.1) is 0 Å². The van der Waals surface area contributed by atoms with Gasteiger partial charge in [-0.1, -0.05) is 0 Å². The zero-order valence-electron chi connectivity index (χ0n) is 9.56. The maximum Gasteiger partial charge on any atom is 0.312 e. The molecular formula is C11H10N4O3. The molecule has 0 N–H and O–H groups in total. The minimum absolute atomic E-state index is 0.120. The third-order valence-electron chi connectivity index (χ3n) is 2.53. The van der Waals surface area contributed by atoms with Crippen molar-refractivity contribution in [2.45, 2.75) is 0 Å². The summed E-state index contributed by atoms with van der Waals surface area (Å²) in [5, 5.41) is 12.4. The van der Waals surface area contributed by atoms with Crippen molar-refractivity contribution in [3.8, 4) is 0 Å². The lowest BCUT2D eigenvalue weighted by Gasteiger charge is -2.21. The van der Waals surface area contributed by atoms with E-state index in [1.54, 1.807) is 25.4 Å². The molecule has 0 saturated carbocycles.